The predicted octanol–water partition coefficient (Wildman–Crippen LogP) is 2.87. The Morgan fingerprint density at radius 2 is 2.17 bits per heavy atom. The third-order valence-corrected chi connectivity index (χ3v) is 3.87. The highest BCUT2D eigenvalue weighted by Crippen LogP contribution is 2.28. The first-order chi connectivity index (χ1) is 8.55. The summed E-state index contributed by atoms with van der Waals surface area (Å²) in [6.45, 7) is 8.94. The lowest BCUT2D eigenvalue weighted by Gasteiger charge is -2.20. The summed E-state index contributed by atoms with van der Waals surface area (Å²) < 4.78 is 2.34. The molecule has 1 atom stereocenters. The van der Waals surface area contributed by atoms with Crippen molar-refractivity contribution in [2.24, 2.45) is 0 Å². The summed E-state index contributed by atoms with van der Waals surface area (Å²) in [4.78, 5) is 4.52. The number of imidazole rings is 1. The molecule has 0 amide bonds. The van der Waals surface area contributed by atoms with Gasteiger partial charge < -0.3 is 9.88 Å². The van der Waals surface area contributed by atoms with Gasteiger partial charge in [0.15, 0.2) is 0 Å². The molecule has 3 rings (SSSR count). The summed E-state index contributed by atoms with van der Waals surface area (Å²) in [5.74, 6) is 0. The normalized spacial score (nSPS) is 20.7. The molecular formula is C15H21N3. The standard InChI is InChI=1S/C15H21N3/c1-15(2,3)11-4-5-13-14(8-11)18(10-17-13)12-6-7-16-9-12/h4-5,8,10,12,16H,6-7,9H2,1-3H3. The number of nitrogens with zero attached hydrogens (tertiary/aromatic N) is 2. The summed E-state index contributed by atoms with van der Waals surface area (Å²) >= 11 is 0. The molecule has 2 aromatic rings. The average molecular weight is 243 g/mol. The smallest absolute Gasteiger partial charge is 0.0961 e. The fraction of sp³-hybridized carbons (Fsp3) is 0.533. The van der Waals surface area contributed by atoms with E-state index in [0.29, 0.717) is 6.04 Å². The van der Waals surface area contributed by atoms with Crippen molar-refractivity contribution in [3.05, 3.63) is 30.1 Å². The van der Waals surface area contributed by atoms with Crippen LogP contribution in [0.4, 0.5) is 0 Å². The highest BCUT2D eigenvalue weighted by atomic mass is 15.1. The van der Waals surface area contributed by atoms with Gasteiger partial charge in [0, 0.05) is 12.6 Å². The molecule has 0 spiro atoms. The third-order valence-electron chi connectivity index (χ3n) is 3.87. The van der Waals surface area contributed by atoms with Crippen LogP contribution >= 0.6 is 0 Å². The molecular weight excluding hydrogens is 222 g/mol. The van der Waals surface area contributed by atoms with Crippen LogP contribution in [0, 0.1) is 0 Å². The summed E-state index contributed by atoms with van der Waals surface area (Å²) in [5.41, 5.74) is 3.95. The average Bonchev–Trinajstić information content (AvgIpc) is 2.95. The van der Waals surface area contributed by atoms with Crippen LogP contribution < -0.4 is 5.32 Å². The van der Waals surface area contributed by atoms with E-state index in [1.165, 1.54) is 17.5 Å². The van der Waals surface area contributed by atoms with Crippen LogP contribution in [-0.2, 0) is 5.41 Å². The van der Waals surface area contributed by atoms with Crippen molar-refractivity contribution in [1.29, 1.82) is 0 Å². The van der Waals surface area contributed by atoms with Gasteiger partial charge >= 0.3 is 0 Å². The van der Waals surface area contributed by atoms with E-state index in [0.717, 1.165) is 18.6 Å². The van der Waals surface area contributed by atoms with Crippen molar-refractivity contribution >= 4 is 11.0 Å². The van der Waals surface area contributed by atoms with Crippen molar-refractivity contribution < 1.29 is 0 Å². The highest BCUT2D eigenvalue weighted by molar-refractivity contribution is 5.76. The Morgan fingerprint density at radius 1 is 1.33 bits per heavy atom. The molecule has 3 nitrogen and oxygen atoms in total. The molecule has 1 aromatic carbocycles. The van der Waals surface area contributed by atoms with E-state index in [-0.39, 0.29) is 5.41 Å². The van der Waals surface area contributed by atoms with Gasteiger partial charge in [-0.3, -0.25) is 0 Å². The predicted molar refractivity (Wildman–Crippen MR) is 75.0 cm³/mol. The molecule has 0 aliphatic carbocycles. The van der Waals surface area contributed by atoms with Gasteiger partial charge in [0.25, 0.3) is 0 Å². The number of rotatable bonds is 1. The molecule has 18 heavy (non-hydrogen) atoms. The summed E-state index contributed by atoms with van der Waals surface area (Å²) in [7, 11) is 0. The Labute approximate surface area is 108 Å². The first kappa shape index (κ1) is 11.7. The first-order valence-electron chi connectivity index (χ1n) is 6.73. The zero-order valence-electron chi connectivity index (χ0n) is 11.4. The molecule has 1 aromatic heterocycles. The lowest BCUT2D eigenvalue weighted by Crippen LogP contribution is -2.14. The summed E-state index contributed by atoms with van der Waals surface area (Å²) in [6.07, 6.45) is 3.19. The van der Waals surface area contributed by atoms with Crippen molar-refractivity contribution in [3.8, 4) is 0 Å². The Balaban J connectivity index is 2.10. The first-order valence-corrected chi connectivity index (χ1v) is 6.73. The molecule has 1 N–H and O–H groups in total. The third kappa shape index (κ3) is 1.93. The van der Waals surface area contributed by atoms with Crippen molar-refractivity contribution in [2.45, 2.75) is 38.6 Å². The number of hydrogen-bond acceptors (Lipinski definition) is 2. The molecule has 1 aliphatic heterocycles. The van der Waals surface area contributed by atoms with Gasteiger partial charge in [0.05, 0.1) is 17.4 Å². The maximum Gasteiger partial charge on any atom is 0.0961 e. The van der Waals surface area contributed by atoms with Crippen molar-refractivity contribution in [1.82, 2.24) is 14.9 Å². The second-order valence-corrected chi connectivity index (χ2v) is 6.25. The number of nitrogens with one attached hydrogen (secondary N) is 1. The molecule has 96 valence electrons. The lowest BCUT2D eigenvalue weighted by atomic mass is 9.87. The molecule has 2 heterocycles. The van der Waals surface area contributed by atoms with Crippen LogP contribution in [0.15, 0.2) is 24.5 Å². The monoisotopic (exact) mass is 243 g/mol. The van der Waals surface area contributed by atoms with Gasteiger partial charge in [-0.15, -0.1) is 0 Å². The van der Waals surface area contributed by atoms with Gasteiger partial charge in [-0.2, -0.15) is 0 Å². The second-order valence-electron chi connectivity index (χ2n) is 6.25. The summed E-state index contributed by atoms with van der Waals surface area (Å²) in [6, 6.07) is 7.22. The van der Waals surface area contributed by atoms with E-state index < -0.39 is 0 Å². The minimum absolute atomic E-state index is 0.192. The molecule has 0 bridgehead atoms. The van der Waals surface area contributed by atoms with E-state index in [1.54, 1.807) is 0 Å². The van der Waals surface area contributed by atoms with E-state index in [2.05, 4.69) is 53.8 Å². The highest BCUT2D eigenvalue weighted by Gasteiger charge is 2.20. The van der Waals surface area contributed by atoms with Crippen LogP contribution in [0.5, 0.6) is 0 Å². The molecule has 1 aliphatic rings. The van der Waals surface area contributed by atoms with Crippen LogP contribution in [0.1, 0.15) is 38.8 Å². The van der Waals surface area contributed by atoms with Crippen LogP contribution in [0.25, 0.3) is 11.0 Å². The topological polar surface area (TPSA) is 29.9 Å². The van der Waals surface area contributed by atoms with E-state index in [9.17, 15) is 0 Å². The van der Waals surface area contributed by atoms with E-state index in [4.69, 9.17) is 0 Å². The quantitative estimate of drug-likeness (QED) is 0.834. The lowest BCUT2D eigenvalue weighted by molar-refractivity contribution is 0.559. The minimum Gasteiger partial charge on any atom is -0.326 e. The second kappa shape index (κ2) is 4.09. The Morgan fingerprint density at radius 3 is 2.83 bits per heavy atom. The SMILES string of the molecule is CC(C)(C)c1ccc2ncn(C3CCNC3)c2c1. The molecule has 1 unspecified atom stereocenters. The van der Waals surface area contributed by atoms with Crippen LogP contribution in [0.3, 0.4) is 0 Å². The van der Waals surface area contributed by atoms with Gasteiger partial charge in [0.1, 0.15) is 0 Å². The van der Waals surface area contributed by atoms with Crippen LogP contribution in [0.2, 0.25) is 0 Å². The largest absolute Gasteiger partial charge is 0.326 e. The number of fused-ring (bicyclic) bond motifs is 1. The molecule has 3 heteroatoms. The fourth-order valence-corrected chi connectivity index (χ4v) is 2.66. The Bertz CT molecular complexity index is 557. The maximum atomic E-state index is 4.52. The molecule has 0 saturated carbocycles. The van der Waals surface area contributed by atoms with E-state index in [1.807, 2.05) is 6.33 Å². The zero-order valence-corrected chi connectivity index (χ0v) is 11.4. The fourth-order valence-electron chi connectivity index (χ4n) is 2.66. The number of benzene rings is 1. The summed E-state index contributed by atoms with van der Waals surface area (Å²) in [5, 5.41) is 3.42. The number of hydrogen-bond donors (Lipinski definition) is 1. The van der Waals surface area contributed by atoms with Gasteiger partial charge in [-0.25, -0.2) is 4.98 Å². The zero-order chi connectivity index (χ0) is 12.8. The minimum atomic E-state index is 0.192. The van der Waals surface area contributed by atoms with Gasteiger partial charge in [-0.05, 0) is 36.1 Å². The number of aromatic nitrogens is 2. The van der Waals surface area contributed by atoms with Crippen molar-refractivity contribution in [2.75, 3.05) is 13.1 Å². The maximum absolute atomic E-state index is 4.52. The van der Waals surface area contributed by atoms with Crippen LogP contribution in [-0.4, -0.2) is 22.6 Å². The Hall–Kier alpha value is -1.35. The van der Waals surface area contributed by atoms with E-state index >= 15 is 0 Å². The molecule has 0 radical (unpaired) electrons. The van der Waals surface area contributed by atoms with Gasteiger partial charge in [-0.1, -0.05) is 26.8 Å². The Kier molecular flexibility index (Phi) is 2.67. The molecule has 1 saturated heterocycles. The molecule has 1 fully saturated rings. The van der Waals surface area contributed by atoms with Crippen molar-refractivity contribution in [3.63, 3.8) is 0 Å². The van der Waals surface area contributed by atoms with Gasteiger partial charge in [0.2, 0.25) is 0 Å².